The van der Waals surface area contributed by atoms with Gasteiger partial charge in [-0.2, -0.15) is 0 Å². The van der Waals surface area contributed by atoms with E-state index in [-0.39, 0.29) is 11.6 Å². The van der Waals surface area contributed by atoms with Crippen LogP contribution in [0.1, 0.15) is 28.9 Å². The van der Waals surface area contributed by atoms with Gasteiger partial charge in [0.15, 0.2) is 0 Å². The third-order valence-corrected chi connectivity index (χ3v) is 2.40. The summed E-state index contributed by atoms with van der Waals surface area (Å²) in [6.07, 6.45) is -3.11. The molecule has 0 saturated carbocycles. The summed E-state index contributed by atoms with van der Waals surface area (Å²) in [5.74, 6) is -1.06. The first-order chi connectivity index (χ1) is 7.45. The Labute approximate surface area is 96.1 Å². The Balaban J connectivity index is 3.24. The normalized spacial score (nSPS) is 10.8. The molecule has 6 heteroatoms. The number of aryl methyl sites for hydroxylation is 1. The number of aromatic nitrogens is 1. The summed E-state index contributed by atoms with van der Waals surface area (Å²) in [5.41, 5.74) is 0.741. The van der Waals surface area contributed by atoms with E-state index in [2.05, 4.69) is 4.98 Å². The molecule has 88 valence electrons. The van der Waals surface area contributed by atoms with Crippen molar-refractivity contribution in [1.29, 1.82) is 0 Å². The van der Waals surface area contributed by atoms with Crippen molar-refractivity contribution >= 4 is 17.6 Å². The first kappa shape index (κ1) is 12.8. The highest BCUT2D eigenvalue weighted by atomic mass is 35.5. The van der Waals surface area contributed by atoms with E-state index in [1.54, 1.807) is 6.92 Å². The molecule has 1 N–H and O–H groups in total. The Morgan fingerprint density at radius 1 is 1.62 bits per heavy atom. The number of hydrogen-bond donors (Lipinski definition) is 1. The zero-order chi connectivity index (χ0) is 12.3. The van der Waals surface area contributed by atoms with Gasteiger partial charge in [0.1, 0.15) is 5.69 Å². The zero-order valence-corrected chi connectivity index (χ0v) is 9.26. The molecule has 0 spiro atoms. The van der Waals surface area contributed by atoms with Gasteiger partial charge < -0.3 is 5.11 Å². The van der Waals surface area contributed by atoms with Gasteiger partial charge in [0.25, 0.3) is 6.43 Å². The van der Waals surface area contributed by atoms with Crippen LogP contribution in [0.15, 0.2) is 6.07 Å². The van der Waals surface area contributed by atoms with Crippen LogP contribution >= 0.6 is 11.6 Å². The van der Waals surface area contributed by atoms with Crippen LogP contribution in [0, 0.1) is 6.92 Å². The SMILES string of the molecule is Cc1cc(C(F)F)nc(CC(=O)O)c1CCl. The summed E-state index contributed by atoms with van der Waals surface area (Å²) in [4.78, 5) is 14.2. The van der Waals surface area contributed by atoms with Gasteiger partial charge >= 0.3 is 5.97 Å². The highest BCUT2D eigenvalue weighted by molar-refractivity contribution is 6.17. The van der Waals surface area contributed by atoms with Crippen molar-refractivity contribution in [3.05, 3.63) is 28.6 Å². The van der Waals surface area contributed by atoms with E-state index in [0.29, 0.717) is 11.1 Å². The second kappa shape index (κ2) is 5.21. The molecule has 1 heterocycles. The highest BCUT2D eigenvalue weighted by Crippen LogP contribution is 2.23. The highest BCUT2D eigenvalue weighted by Gasteiger charge is 2.16. The third kappa shape index (κ3) is 2.88. The summed E-state index contributed by atoms with van der Waals surface area (Å²) in [6, 6.07) is 1.23. The predicted octanol–water partition coefficient (Wildman–Crippen LogP) is 2.69. The number of carbonyl (C=O) groups is 1. The molecule has 0 unspecified atom stereocenters. The Morgan fingerprint density at radius 2 is 2.25 bits per heavy atom. The zero-order valence-electron chi connectivity index (χ0n) is 8.51. The van der Waals surface area contributed by atoms with Crippen LogP contribution in [0.3, 0.4) is 0 Å². The van der Waals surface area contributed by atoms with Crippen molar-refractivity contribution in [1.82, 2.24) is 4.98 Å². The molecule has 1 aromatic rings. The number of halogens is 3. The summed E-state index contributed by atoms with van der Waals surface area (Å²) in [5, 5.41) is 8.64. The summed E-state index contributed by atoms with van der Waals surface area (Å²) < 4.78 is 24.9. The lowest BCUT2D eigenvalue weighted by Crippen LogP contribution is -2.09. The second-order valence-corrected chi connectivity index (χ2v) is 3.56. The molecule has 0 aliphatic heterocycles. The van der Waals surface area contributed by atoms with Gasteiger partial charge in [-0.1, -0.05) is 0 Å². The van der Waals surface area contributed by atoms with Crippen molar-refractivity contribution in [2.24, 2.45) is 0 Å². The van der Waals surface area contributed by atoms with Crippen LogP contribution in [0.5, 0.6) is 0 Å². The number of carboxylic acid groups (broad SMARTS) is 1. The minimum absolute atomic E-state index is 0.0605. The van der Waals surface area contributed by atoms with Gasteiger partial charge in [0.2, 0.25) is 0 Å². The van der Waals surface area contributed by atoms with E-state index in [9.17, 15) is 13.6 Å². The van der Waals surface area contributed by atoms with E-state index in [4.69, 9.17) is 16.7 Å². The van der Waals surface area contributed by atoms with Crippen molar-refractivity contribution in [2.45, 2.75) is 25.7 Å². The van der Waals surface area contributed by atoms with Crippen LogP contribution in [-0.4, -0.2) is 16.1 Å². The molecule has 1 aromatic heterocycles. The molecule has 1 rings (SSSR count). The monoisotopic (exact) mass is 249 g/mol. The molecule has 0 fully saturated rings. The third-order valence-electron chi connectivity index (χ3n) is 2.13. The molecule has 0 saturated heterocycles. The van der Waals surface area contributed by atoms with Gasteiger partial charge in [-0.05, 0) is 24.1 Å². The summed E-state index contributed by atoms with van der Waals surface area (Å²) in [6.45, 7) is 1.61. The fourth-order valence-electron chi connectivity index (χ4n) is 1.38. The van der Waals surface area contributed by atoms with Crippen LogP contribution in [0.2, 0.25) is 0 Å². The number of pyridine rings is 1. The number of nitrogens with zero attached hydrogens (tertiary/aromatic N) is 1. The molecule has 0 aliphatic rings. The van der Waals surface area contributed by atoms with Crippen molar-refractivity contribution in [2.75, 3.05) is 0 Å². The number of alkyl halides is 3. The lowest BCUT2D eigenvalue weighted by atomic mass is 10.1. The van der Waals surface area contributed by atoms with Gasteiger partial charge in [-0.25, -0.2) is 8.78 Å². The molecule has 0 aromatic carbocycles. The predicted molar refractivity (Wildman–Crippen MR) is 54.8 cm³/mol. The number of hydrogen-bond acceptors (Lipinski definition) is 2. The van der Waals surface area contributed by atoms with Gasteiger partial charge in [0, 0.05) is 5.88 Å². The summed E-state index contributed by atoms with van der Waals surface area (Å²) in [7, 11) is 0. The van der Waals surface area contributed by atoms with Crippen LogP contribution in [-0.2, 0) is 17.1 Å². The van der Waals surface area contributed by atoms with Crippen LogP contribution in [0.4, 0.5) is 8.78 Å². The Kier molecular flexibility index (Phi) is 4.18. The Morgan fingerprint density at radius 3 is 2.69 bits per heavy atom. The minimum atomic E-state index is -2.71. The van der Waals surface area contributed by atoms with E-state index < -0.39 is 24.5 Å². The van der Waals surface area contributed by atoms with Crippen LogP contribution < -0.4 is 0 Å². The fourth-order valence-corrected chi connectivity index (χ4v) is 1.74. The molecule has 0 aliphatic carbocycles. The summed E-state index contributed by atoms with van der Waals surface area (Å²) >= 11 is 5.63. The number of carboxylic acids is 1. The second-order valence-electron chi connectivity index (χ2n) is 3.29. The van der Waals surface area contributed by atoms with Crippen molar-refractivity contribution < 1.29 is 18.7 Å². The molecular weight excluding hydrogens is 240 g/mol. The quantitative estimate of drug-likeness (QED) is 0.835. The number of aliphatic carboxylic acids is 1. The maximum absolute atomic E-state index is 12.5. The standard InChI is InChI=1S/C10H10ClF2NO2/c1-5-2-8(10(12)13)14-7(3-9(15)16)6(5)4-11/h2,10H,3-4H2,1H3,(H,15,16). The topological polar surface area (TPSA) is 50.2 Å². The molecule has 16 heavy (non-hydrogen) atoms. The minimum Gasteiger partial charge on any atom is -0.481 e. The molecule has 0 bridgehead atoms. The van der Waals surface area contributed by atoms with Crippen LogP contribution in [0.25, 0.3) is 0 Å². The Hall–Kier alpha value is -1.23. The average Bonchev–Trinajstić information content (AvgIpc) is 2.16. The van der Waals surface area contributed by atoms with Crippen molar-refractivity contribution in [3.63, 3.8) is 0 Å². The first-order valence-corrected chi connectivity index (χ1v) is 5.04. The lowest BCUT2D eigenvalue weighted by Gasteiger charge is -2.10. The van der Waals surface area contributed by atoms with Gasteiger partial charge in [-0.3, -0.25) is 9.78 Å². The van der Waals surface area contributed by atoms with Crippen molar-refractivity contribution in [3.8, 4) is 0 Å². The number of rotatable bonds is 4. The van der Waals surface area contributed by atoms with E-state index in [0.717, 1.165) is 0 Å². The molecule has 3 nitrogen and oxygen atoms in total. The lowest BCUT2D eigenvalue weighted by molar-refractivity contribution is -0.136. The van der Waals surface area contributed by atoms with Gasteiger partial charge in [0.05, 0.1) is 12.1 Å². The van der Waals surface area contributed by atoms with Gasteiger partial charge in [-0.15, -0.1) is 11.6 Å². The maximum Gasteiger partial charge on any atom is 0.309 e. The fraction of sp³-hybridized carbons (Fsp3) is 0.400. The smallest absolute Gasteiger partial charge is 0.309 e. The molecular formula is C10H10ClF2NO2. The molecule has 0 amide bonds. The average molecular weight is 250 g/mol. The largest absolute Gasteiger partial charge is 0.481 e. The molecule has 0 radical (unpaired) electrons. The first-order valence-electron chi connectivity index (χ1n) is 4.51. The maximum atomic E-state index is 12.5. The van der Waals surface area contributed by atoms with E-state index in [1.165, 1.54) is 6.07 Å². The van der Waals surface area contributed by atoms with E-state index >= 15 is 0 Å². The molecule has 0 atom stereocenters. The Bertz CT molecular complexity index is 410. The van der Waals surface area contributed by atoms with E-state index in [1.807, 2.05) is 0 Å².